The highest BCUT2D eigenvalue weighted by Gasteiger charge is 2.49. The largest absolute Gasteiger partial charge is 0.314 e. The minimum atomic E-state index is -0.602. The van der Waals surface area contributed by atoms with Crippen molar-refractivity contribution in [1.82, 2.24) is 0 Å². The molecule has 0 aliphatic carbocycles. The normalized spacial score (nSPS) is 22.3. The maximum atomic E-state index is 12.6. The summed E-state index contributed by atoms with van der Waals surface area (Å²) in [6.45, 7) is 7.75. The Kier molecular flexibility index (Phi) is 2.93. The summed E-state index contributed by atoms with van der Waals surface area (Å²) in [7, 11) is 1.82. The number of likely N-dealkylation sites (N-methyl/N-ethyl adjacent to an activating group) is 1. The number of carbonyl (C=O) groups is 1. The second-order valence-electron chi connectivity index (χ2n) is 6.34. The van der Waals surface area contributed by atoms with Crippen LogP contribution in [0.2, 0.25) is 0 Å². The molecule has 1 aromatic rings. The number of anilines is 1. The number of para-hydroxylation sites is 1. The third kappa shape index (κ3) is 1.92. The predicted octanol–water partition coefficient (Wildman–Crippen LogP) is 3.17. The van der Waals surface area contributed by atoms with Gasteiger partial charge in [0.25, 0.3) is 0 Å². The molecule has 1 amide bonds. The van der Waals surface area contributed by atoms with E-state index in [1.165, 1.54) is 0 Å². The summed E-state index contributed by atoms with van der Waals surface area (Å²) < 4.78 is 0. The van der Waals surface area contributed by atoms with Gasteiger partial charge in [0.05, 0.1) is 22.6 Å². The molecule has 0 bridgehead atoms. The van der Waals surface area contributed by atoms with E-state index in [4.69, 9.17) is 0 Å². The highest BCUT2D eigenvalue weighted by Crippen LogP contribution is 2.48. The second kappa shape index (κ2) is 4.09. The lowest BCUT2D eigenvalue weighted by atomic mass is 9.71. The number of fused-ring (bicyclic) bond motifs is 1. The third-order valence-electron chi connectivity index (χ3n) is 4.04. The Labute approximate surface area is 114 Å². The second-order valence-corrected chi connectivity index (χ2v) is 6.34. The van der Waals surface area contributed by atoms with Gasteiger partial charge in [-0.25, -0.2) is 0 Å². The molecule has 2 rings (SSSR count). The van der Waals surface area contributed by atoms with Gasteiger partial charge in [0.2, 0.25) is 5.91 Å². The maximum Gasteiger partial charge on any atom is 0.237 e. The number of rotatable bonds is 2. The summed E-state index contributed by atoms with van der Waals surface area (Å²) in [4.78, 5) is 14.4. The quantitative estimate of drug-likeness (QED) is 0.815. The summed E-state index contributed by atoms with van der Waals surface area (Å²) in [6, 6.07) is 8.32. The Bertz CT molecular complexity index is 583. The minimum absolute atomic E-state index is 0.0834. The zero-order chi connectivity index (χ0) is 14.4. The monoisotopic (exact) mass is 256 g/mol. The molecule has 0 spiro atoms. The molecule has 100 valence electrons. The van der Waals surface area contributed by atoms with Crippen LogP contribution in [0, 0.1) is 23.7 Å². The fourth-order valence-electron chi connectivity index (χ4n) is 3.23. The van der Waals surface area contributed by atoms with Crippen molar-refractivity contribution in [2.75, 3.05) is 11.9 Å². The smallest absolute Gasteiger partial charge is 0.237 e. The molecule has 1 atom stereocenters. The van der Waals surface area contributed by atoms with E-state index >= 15 is 0 Å². The van der Waals surface area contributed by atoms with E-state index in [9.17, 15) is 10.1 Å². The van der Waals surface area contributed by atoms with Gasteiger partial charge in [-0.05, 0) is 45.2 Å². The van der Waals surface area contributed by atoms with Crippen LogP contribution in [-0.4, -0.2) is 13.0 Å². The molecule has 1 aliphatic heterocycles. The van der Waals surface area contributed by atoms with Gasteiger partial charge in [0.15, 0.2) is 0 Å². The Hall–Kier alpha value is -1.82. The molecular weight excluding hydrogens is 236 g/mol. The van der Waals surface area contributed by atoms with Gasteiger partial charge in [0.1, 0.15) is 0 Å². The molecule has 0 saturated carbocycles. The van der Waals surface area contributed by atoms with Crippen LogP contribution in [0.1, 0.15) is 38.3 Å². The van der Waals surface area contributed by atoms with Crippen LogP contribution < -0.4 is 4.90 Å². The molecule has 0 aromatic heterocycles. The Morgan fingerprint density at radius 1 is 1.42 bits per heavy atom. The molecule has 3 heteroatoms. The van der Waals surface area contributed by atoms with E-state index in [2.05, 4.69) is 6.07 Å². The van der Waals surface area contributed by atoms with E-state index in [0.717, 1.165) is 16.8 Å². The summed E-state index contributed by atoms with van der Waals surface area (Å²) in [6.07, 6.45) is 0.538. The van der Waals surface area contributed by atoms with Crippen LogP contribution >= 0.6 is 0 Å². The molecule has 3 nitrogen and oxygen atoms in total. The summed E-state index contributed by atoms with van der Waals surface area (Å²) >= 11 is 0. The number of carbonyl (C=O) groups excluding carboxylic acids is 1. The van der Waals surface area contributed by atoms with Crippen LogP contribution in [0.3, 0.4) is 0 Å². The Morgan fingerprint density at radius 3 is 2.63 bits per heavy atom. The van der Waals surface area contributed by atoms with Crippen LogP contribution in [0.15, 0.2) is 18.2 Å². The fraction of sp³-hybridized carbons (Fsp3) is 0.500. The van der Waals surface area contributed by atoms with Crippen LogP contribution in [0.5, 0.6) is 0 Å². The zero-order valence-electron chi connectivity index (χ0n) is 12.2. The fourth-order valence-corrected chi connectivity index (χ4v) is 3.23. The van der Waals surface area contributed by atoms with Gasteiger partial charge in [-0.1, -0.05) is 18.2 Å². The predicted molar refractivity (Wildman–Crippen MR) is 76.0 cm³/mol. The first-order chi connectivity index (χ1) is 8.73. The lowest BCUT2D eigenvalue weighted by Crippen LogP contribution is -2.39. The SMILES string of the molecule is Cc1cccc2c1N(C)C(=O)[C@@]2(C)CC(C)(C)C#N. The highest BCUT2D eigenvalue weighted by atomic mass is 16.2. The summed E-state index contributed by atoms with van der Waals surface area (Å²) in [5, 5.41) is 9.25. The van der Waals surface area contributed by atoms with E-state index in [-0.39, 0.29) is 5.91 Å². The van der Waals surface area contributed by atoms with Crippen molar-refractivity contribution < 1.29 is 4.79 Å². The number of aryl methyl sites for hydroxylation is 1. The van der Waals surface area contributed by atoms with Gasteiger partial charge in [0, 0.05) is 7.05 Å². The van der Waals surface area contributed by atoms with Gasteiger partial charge < -0.3 is 4.90 Å². The molecule has 0 N–H and O–H groups in total. The first-order valence-electron chi connectivity index (χ1n) is 6.52. The molecule has 1 aromatic carbocycles. The van der Waals surface area contributed by atoms with Crippen molar-refractivity contribution >= 4 is 11.6 Å². The van der Waals surface area contributed by atoms with Crippen LogP contribution in [-0.2, 0) is 10.2 Å². The van der Waals surface area contributed by atoms with Crippen molar-refractivity contribution in [1.29, 1.82) is 5.26 Å². The zero-order valence-corrected chi connectivity index (χ0v) is 12.2. The maximum absolute atomic E-state index is 12.6. The van der Waals surface area contributed by atoms with Crippen molar-refractivity contribution in [2.45, 2.75) is 39.5 Å². The number of nitrogens with zero attached hydrogens (tertiary/aromatic N) is 2. The van der Waals surface area contributed by atoms with Crippen molar-refractivity contribution in [3.05, 3.63) is 29.3 Å². The molecule has 0 radical (unpaired) electrons. The molecule has 0 unspecified atom stereocenters. The third-order valence-corrected chi connectivity index (χ3v) is 4.04. The standard InChI is InChI=1S/C16H20N2O/c1-11-7-6-8-12-13(11)18(5)14(19)16(12,4)9-15(2,3)10-17/h6-8H,9H2,1-5H3/t16-/m0/s1. The number of amides is 1. The van der Waals surface area contributed by atoms with Crippen LogP contribution in [0.4, 0.5) is 5.69 Å². The minimum Gasteiger partial charge on any atom is -0.314 e. The number of hydrogen-bond acceptors (Lipinski definition) is 2. The Morgan fingerprint density at radius 2 is 2.05 bits per heavy atom. The first kappa shape index (κ1) is 13.6. The molecule has 19 heavy (non-hydrogen) atoms. The van der Waals surface area contributed by atoms with Gasteiger partial charge >= 0.3 is 0 Å². The van der Waals surface area contributed by atoms with Gasteiger partial charge in [-0.2, -0.15) is 5.26 Å². The molecule has 1 heterocycles. The average Bonchev–Trinajstić information content (AvgIpc) is 2.53. The van der Waals surface area contributed by atoms with Crippen molar-refractivity contribution in [3.8, 4) is 6.07 Å². The molecule has 0 saturated heterocycles. The number of benzene rings is 1. The van der Waals surface area contributed by atoms with Gasteiger partial charge in [-0.3, -0.25) is 4.79 Å². The summed E-state index contributed by atoms with van der Waals surface area (Å²) in [5.74, 6) is 0.0834. The summed E-state index contributed by atoms with van der Waals surface area (Å²) in [5.41, 5.74) is 2.03. The molecule has 1 aliphatic rings. The van der Waals surface area contributed by atoms with Crippen LogP contribution in [0.25, 0.3) is 0 Å². The number of nitriles is 1. The van der Waals surface area contributed by atoms with Gasteiger partial charge in [-0.15, -0.1) is 0 Å². The van der Waals surface area contributed by atoms with Crippen molar-refractivity contribution in [3.63, 3.8) is 0 Å². The topological polar surface area (TPSA) is 44.1 Å². The molecular formula is C16H20N2O. The lowest BCUT2D eigenvalue weighted by molar-refractivity contribution is -0.123. The van der Waals surface area contributed by atoms with E-state index in [1.807, 2.05) is 52.9 Å². The van der Waals surface area contributed by atoms with E-state index in [1.54, 1.807) is 4.90 Å². The van der Waals surface area contributed by atoms with E-state index in [0.29, 0.717) is 6.42 Å². The van der Waals surface area contributed by atoms with E-state index < -0.39 is 10.8 Å². The number of hydrogen-bond donors (Lipinski definition) is 0. The first-order valence-corrected chi connectivity index (χ1v) is 6.52. The Balaban J connectivity index is 2.59. The molecule has 0 fully saturated rings. The average molecular weight is 256 g/mol. The van der Waals surface area contributed by atoms with Crippen molar-refractivity contribution in [2.24, 2.45) is 5.41 Å². The highest BCUT2D eigenvalue weighted by molar-refractivity contribution is 6.08. The lowest BCUT2D eigenvalue weighted by Gasteiger charge is -2.29.